The zero-order valence-electron chi connectivity index (χ0n) is 21.8. The second-order valence-electron chi connectivity index (χ2n) is 9.32. The molecule has 1 N–H and O–H groups in total. The Kier molecular flexibility index (Phi) is 9.53. The Balaban J connectivity index is 1.40. The number of anilines is 1. The number of rotatable bonds is 9. The van der Waals surface area contributed by atoms with Crippen LogP contribution in [-0.2, 0) is 14.4 Å². The monoisotopic (exact) mass is 571 g/mol. The van der Waals surface area contributed by atoms with Crippen LogP contribution in [0.4, 0.5) is 10.5 Å². The van der Waals surface area contributed by atoms with Gasteiger partial charge < -0.3 is 19.7 Å². The fraction of sp³-hybridized carbons (Fsp3) is 0.357. The minimum atomic E-state index is -0.500. The average Bonchev–Trinajstić information content (AvgIpc) is 3.16. The predicted octanol–water partition coefficient (Wildman–Crippen LogP) is 5.05. The number of ether oxygens (including phenoxy) is 2. The maximum Gasteiger partial charge on any atom is 0.294 e. The number of hydrogen-bond donors (Lipinski definition) is 1. The molecule has 2 aliphatic rings. The fourth-order valence-corrected chi connectivity index (χ4v) is 5.22. The Morgan fingerprint density at radius 1 is 1.10 bits per heavy atom. The summed E-state index contributed by atoms with van der Waals surface area (Å²) in [6.07, 6.45) is 3.42. The Morgan fingerprint density at radius 2 is 1.87 bits per heavy atom. The standard InChI is InChI=1S/C28H30ClN3O6S/c1-3-37-23-13-19(7-8-22(23)38-17-25(33)30-21-6-4-5-20(29)15-21)14-24-27(35)32(28(36)39-24)16-26(34)31-11-9-18(2)10-12-31/h4-8,13-15,18H,3,9-12,16-17H2,1-2H3,(H,30,33)/b24-14+. The number of piperidine rings is 1. The molecule has 11 heteroatoms. The lowest BCUT2D eigenvalue weighted by molar-refractivity contribution is -0.136. The van der Waals surface area contributed by atoms with E-state index in [2.05, 4.69) is 12.2 Å². The Hall–Kier alpha value is -3.50. The molecule has 2 heterocycles. The maximum absolute atomic E-state index is 13.0. The molecule has 2 aromatic carbocycles. The quantitative estimate of drug-likeness (QED) is 0.420. The van der Waals surface area contributed by atoms with Gasteiger partial charge in [-0.3, -0.25) is 24.1 Å². The molecule has 9 nitrogen and oxygen atoms in total. The molecule has 2 aromatic rings. The minimum Gasteiger partial charge on any atom is -0.490 e. The molecule has 2 aliphatic heterocycles. The third-order valence-corrected chi connectivity index (χ3v) is 7.48. The molecule has 0 radical (unpaired) electrons. The van der Waals surface area contributed by atoms with Gasteiger partial charge in [-0.05, 0) is 79.4 Å². The highest BCUT2D eigenvalue weighted by Crippen LogP contribution is 2.35. The number of carbonyl (C=O) groups is 4. The summed E-state index contributed by atoms with van der Waals surface area (Å²) >= 11 is 6.75. The number of thioether (sulfide) groups is 1. The maximum atomic E-state index is 13.0. The number of nitrogens with zero attached hydrogens (tertiary/aromatic N) is 2. The van der Waals surface area contributed by atoms with E-state index in [0.717, 1.165) is 29.5 Å². The molecular weight excluding hydrogens is 542 g/mol. The molecule has 206 valence electrons. The number of hydrogen-bond acceptors (Lipinski definition) is 7. The SMILES string of the molecule is CCOc1cc(/C=C2/SC(=O)N(CC(=O)N3CCC(C)CC3)C2=O)ccc1OCC(=O)Nc1cccc(Cl)c1. The third-order valence-electron chi connectivity index (χ3n) is 6.34. The molecule has 0 spiro atoms. The summed E-state index contributed by atoms with van der Waals surface area (Å²) in [5.41, 5.74) is 1.16. The highest BCUT2D eigenvalue weighted by Gasteiger charge is 2.37. The lowest BCUT2D eigenvalue weighted by Crippen LogP contribution is -2.45. The van der Waals surface area contributed by atoms with E-state index < -0.39 is 11.1 Å². The summed E-state index contributed by atoms with van der Waals surface area (Å²) in [5, 5.41) is 2.74. The van der Waals surface area contributed by atoms with Gasteiger partial charge >= 0.3 is 0 Å². The Morgan fingerprint density at radius 3 is 2.59 bits per heavy atom. The van der Waals surface area contributed by atoms with Gasteiger partial charge in [0, 0.05) is 23.8 Å². The van der Waals surface area contributed by atoms with E-state index in [1.807, 2.05) is 6.92 Å². The van der Waals surface area contributed by atoms with E-state index in [0.29, 0.717) is 53.4 Å². The zero-order valence-corrected chi connectivity index (χ0v) is 23.3. The lowest BCUT2D eigenvalue weighted by Gasteiger charge is -2.31. The molecule has 2 fully saturated rings. The van der Waals surface area contributed by atoms with E-state index in [9.17, 15) is 19.2 Å². The van der Waals surface area contributed by atoms with Crippen molar-refractivity contribution in [1.82, 2.24) is 9.80 Å². The van der Waals surface area contributed by atoms with Gasteiger partial charge in [-0.25, -0.2) is 0 Å². The average molecular weight is 572 g/mol. The third kappa shape index (κ3) is 7.54. The molecule has 0 atom stereocenters. The van der Waals surface area contributed by atoms with Gasteiger partial charge in [0.2, 0.25) is 5.91 Å². The highest BCUT2D eigenvalue weighted by atomic mass is 35.5. The smallest absolute Gasteiger partial charge is 0.294 e. The summed E-state index contributed by atoms with van der Waals surface area (Å²) in [4.78, 5) is 53.4. The number of carbonyl (C=O) groups excluding carboxylic acids is 4. The first-order valence-electron chi connectivity index (χ1n) is 12.7. The van der Waals surface area contributed by atoms with E-state index in [4.69, 9.17) is 21.1 Å². The van der Waals surface area contributed by atoms with Crippen LogP contribution < -0.4 is 14.8 Å². The Labute approximate surface area is 236 Å². The summed E-state index contributed by atoms with van der Waals surface area (Å²) in [6.45, 7) is 5.08. The van der Waals surface area contributed by atoms with Gasteiger partial charge in [0.25, 0.3) is 17.1 Å². The summed E-state index contributed by atoms with van der Waals surface area (Å²) in [6, 6.07) is 11.8. The minimum absolute atomic E-state index is 0.218. The van der Waals surface area contributed by atoms with Crippen molar-refractivity contribution in [1.29, 1.82) is 0 Å². The summed E-state index contributed by atoms with van der Waals surface area (Å²) < 4.78 is 11.4. The molecule has 4 amide bonds. The number of halogens is 1. The molecule has 4 rings (SSSR count). The van der Waals surface area contributed by atoms with E-state index in [1.54, 1.807) is 53.4 Å². The van der Waals surface area contributed by atoms with Crippen molar-refractivity contribution < 1.29 is 28.7 Å². The first-order valence-corrected chi connectivity index (χ1v) is 13.9. The number of nitrogens with one attached hydrogen (secondary N) is 1. The van der Waals surface area contributed by atoms with Crippen molar-refractivity contribution in [2.24, 2.45) is 5.92 Å². The molecule has 0 aliphatic carbocycles. The lowest BCUT2D eigenvalue weighted by atomic mass is 9.99. The van der Waals surface area contributed by atoms with Gasteiger partial charge in [-0.2, -0.15) is 0 Å². The van der Waals surface area contributed by atoms with Crippen LogP contribution in [0.15, 0.2) is 47.4 Å². The number of benzene rings is 2. The van der Waals surface area contributed by atoms with Crippen LogP contribution in [0.3, 0.4) is 0 Å². The van der Waals surface area contributed by atoms with Crippen molar-refractivity contribution in [3.05, 3.63) is 58.0 Å². The van der Waals surface area contributed by atoms with Crippen LogP contribution in [0, 0.1) is 5.92 Å². The van der Waals surface area contributed by atoms with Crippen LogP contribution in [0.25, 0.3) is 6.08 Å². The van der Waals surface area contributed by atoms with Crippen LogP contribution in [0.5, 0.6) is 11.5 Å². The Bertz CT molecular complexity index is 1290. The van der Waals surface area contributed by atoms with Crippen molar-refractivity contribution in [3.8, 4) is 11.5 Å². The summed E-state index contributed by atoms with van der Waals surface area (Å²) in [7, 11) is 0. The number of imide groups is 1. The predicted molar refractivity (Wildman–Crippen MR) is 151 cm³/mol. The van der Waals surface area contributed by atoms with Crippen LogP contribution >= 0.6 is 23.4 Å². The van der Waals surface area contributed by atoms with Gasteiger partial charge in [0.1, 0.15) is 6.54 Å². The molecular formula is C28H30ClN3O6S. The summed E-state index contributed by atoms with van der Waals surface area (Å²) in [5.74, 6) is 0.217. The van der Waals surface area contributed by atoms with Gasteiger partial charge in [-0.1, -0.05) is 30.7 Å². The zero-order chi connectivity index (χ0) is 27.9. The van der Waals surface area contributed by atoms with E-state index in [1.165, 1.54) is 0 Å². The molecule has 0 saturated carbocycles. The fourth-order valence-electron chi connectivity index (χ4n) is 4.19. The van der Waals surface area contributed by atoms with Gasteiger partial charge in [0.15, 0.2) is 18.1 Å². The largest absolute Gasteiger partial charge is 0.490 e. The van der Waals surface area contributed by atoms with E-state index in [-0.39, 0.29) is 29.9 Å². The second kappa shape index (κ2) is 13.0. The van der Waals surface area contributed by atoms with Gasteiger partial charge in [-0.15, -0.1) is 0 Å². The van der Waals surface area contributed by atoms with Crippen LogP contribution in [0.2, 0.25) is 5.02 Å². The normalized spacial score (nSPS) is 17.1. The van der Waals surface area contributed by atoms with Crippen LogP contribution in [0.1, 0.15) is 32.3 Å². The molecule has 0 unspecified atom stereocenters. The number of amides is 4. The van der Waals surface area contributed by atoms with Crippen molar-refractivity contribution in [3.63, 3.8) is 0 Å². The van der Waals surface area contributed by atoms with Crippen molar-refractivity contribution in [2.75, 3.05) is 38.2 Å². The number of likely N-dealkylation sites (tertiary alicyclic amines) is 1. The first kappa shape index (κ1) is 28.5. The van der Waals surface area contributed by atoms with Gasteiger partial charge in [0.05, 0.1) is 11.5 Å². The van der Waals surface area contributed by atoms with Crippen molar-refractivity contribution >= 4 is 58.1 Å². The van der Waals surface area contributed by atoms with E-state index >= 15 is 0 Å². The van der Waals surface area contributed by atoms with Crippen molar-refractivity contribution in [2.45, 2.75) is 26.7 Å². The highest BCUT2D eigenvalue weighted by molar-refractivity contribution is 8.18. The van der Waals surface area contributed by atoms with Crippen LogP contribution in [-0.4, -0.2) is 65.6 Å². The molecule has 0 bridgehead atoms. The molecule has 0 aromatic heterocycles. The topological polar surface area (TPSA) is 105 Å². The second-order valence-corrected chi connectivity index (χ2v) is 10.7. The first-order chi connectivity index (χ1) is 18.7. The molecule has 2 saturated heterocycles. The molecule has 39 heavy (non-hydrogen) atoms.